The lowest BCUT2D eigenvalue weighted by atomic mass is 9.93. The summed E-state index contributed by atoms with van der Waals surface area (Å²) in [5, 5.41) is 2.82. The van der Waals surface area contributed by atoms with E-state index < -0.39 is 0 Å². The maximum atomic E-state index is 14.0. The van der Waals surface area contributed by atoms with E-state index in [-0.39, 0.29) is 11.6 Å². The lowest BCUT2D eigenvalue weighted by Gasteiger charge is -2.11. The van der Waals surface area contributed by atoms with Gasteiger partial charge in [-0.3, -0.25) is 0 Å². The molecule has 0 radical (unpaired) electrons. The van der Waals surface area contributed by atoms with E-state index >= 15 is 0 Å². The summed E-state index contributed by atoms with van der Waals surface area (Å²) in [5.41, 5.74) is 1.82. The molecule has 0 fully saturated rings. The third kappa shape index (κ3) is 1.88. The molecule has 0 heterocycles. The maximum Gasteiger partial charge on any atom is 0.131 e. The van der Waals surface area contributed by atoms with Gasteiger partial charge in [-0.25, -0.2) is 8.78 Å². The Morgan fingerprint density at radius 3 is 1.18 bits per heavy atom. The smallest absolute Gasteiger partial charge is 0.131 e. The first-order valence-corrected chi connectivity index (χ1v) is 7.10. The van der Waals surface area contributed by atoms with Crippen LogP contribution in [0.1, 0.15) is 0 Å². The van der Waals surface area contributed by atoms with Gasteiger partial charge in [-0.05, 0) is 34.0 Å². The second-order valence-electron chi connectivity index (χ2n) is 5.28. The molecule has 0 aliphatic heterocycles. The molecule has 4 aromatic rings. The first kappa shape index (κ1) is 13.0. The molecule has 0 unspecified atom stereocenters. The van der Waals surface area contributed by atoms with Crippen molar-refractivity contribution in [2.24, 2.45) is 0 Å². The predicted molar refractivity (Wildman–Crippen MR) is 86.8 cm³/mol. The molecule has 0 atom stereocenters. The first-order chi connectivity index (χ1) is 10.8. The van der Waals surface area contributed by atoms with Crippen LogP contribution in [0.15, 0.2) is 72.8 Å². The fourth-order valence-corrected chi connectivity index (χ4v) is 2.99. The summed E-state index contributed by atoms with van der Waals surface area (Å²) in [6.07, 6.45) is 0. The standard InChI is InChI=1S/C20H12F2/c21-19-11-9-15(13-5-1-3-7-17(13)19)16-10-12-20(22)18-8-4-2-6-14(16)18/h1-12H. The number of hydrogen-bond donors (Lipinski definition) is 0. The fourth-order valence-electron chi connectivity index (χ4n) is 2.99. The van der Waals surface area contributed by atoms with Gasteiger partial charge >= 0.3 is 0 Å². The highest BCUT2D eigenvalue weighted by atomic mass is 19.1. The summed E-state index contributed by atoms with van der Waals surface area (Å²) in [4.78, 5) is 0. The van der Waals surface area contributed by atoms with Gasteiger partial charge in [-0.1, -0.05) is 60.7 Å². The molecule has 106 valence electrons. The van der Waals surface area contributed by atoms with E-state index in [0.717, 1.165) is 21.9 Å². The van der Waals surface area contributed by atoms with E-state index in [9.17, 15) is 8.78 Å². The average molecular weight is 290 g/mol. The molecular formula is C20H12F2. The zero-order valence-corrected chi connectivity index (χ0v) is 11.7. The van der Waals surface area contributed by atoms with Crippen LogP contribution in [0.25, 0.3) is 32.7 Å². The van der Waals surface area contributed by atoms with Crippen LogP contribution >= 0.6 is 0 Å². The molecule has 22 heavy (non-hydrogen) atoms. The molecule has 2 heteroatoms. The first-order valence-electron chi connectivity index (χ1n) is 7.10. The van der Waals surface area contributed by atoms with Crippen LogP contribution in [-0.2, 0) is 0 Å². The minimum atomic E-state index is -0.245. The van der Waals surface area contributed by atoms with Gasteiger partial charge in [-0.2, -0.15) is 0 Å². The van der Waals surface area contributed by atoms with E-state index in [2.05, 4.69) is 0 Å². The summed E-state index contributed by atoms with van der Waals surface area (Å²) in [6, 6.07) is 21.2. The molecule has 0 saturated carbocycles. The molecule has 0 nitrogen and oxygen atoms in total. The largest absolute Gasteiger partial charge is 0.206 e. The van der Waals surface area contributed by atoms with Gasteiger partial charge in [0.1, 0.15) is 11.6 Å². The topological polar surface area (TPSA) is 0 Å². The van der Waals surface area contributed by atoms with Crippen LogP contribution in [0.4, 0.5) is 8.78 Å². The van der Waals surface area contributed by atoms with Crippen molar-refractivity contribution in [1.29, 1.82) is 0 Å². The molecule has 0 aliphatic carbocycles. The van der Waals surface area contributed by atoms with Gasteiger partial charge in [0.25, 0.3) is 0 Å². The van der Waals surface area contributed by atoms with Crippen molar-refractivity contribution < 1.29 is 8.78 Å². The zero-order valence-electron chi connectivity index (χ0n) is 11.7. The third-order valence-electron chi connectivity index (χ3n) is 4.03. The Morgan fingerprint density at radius 2 is 0.773 bits per heavy atom. The Hall–Kier alpha value is -2.74. The fraction of sp³-hybridized carbons (Fsp3) is 0. The van der Waals surface area contributed by atoms with Crippen LogP contribution in [0.3, 0.4) is 0 Å². The molecule has 0 bridgehead atoms. The second kappa shape index (κ2) is 4.92. The summed E-state index contributed by atoms with van der Waals surface area (Å²) in [6.45, 7) is 0. The Kier molecular flexibility index (Phi) is 2.90. The predicted octanol–water partition coefficient (Wildman–Crippen LogP) is 5.94. The maximum absolute atomic E-state index is 14.0. The van der Waals surface area contributed by atoms with Gasteiger partial charge < -0.3 is 0 Å². The van der Waals surface area contributed by atoms with Crippen LogP contribution in [0.2, 0.25) is 0 Å². The summed E-state index contributed by atoms with van der Waals surface area (Å²) < 4.78 is 28.0. The minimum Gasteiger partial charge on any atom is -0.206 e. The van der Waals surface area contributed by atoms with E-state index in [4.69, 9.17) is 0 Å². The van der Waals surface area contributed by atoms with Gasteiger partial charge in [0.05, 0.1) is 0 Å². The van der Waals surface area contributed by atoms with Crippen LogP contribution in [-0.4, -0.2) is 0 Å². The molecule has 0 saturated heterocycles. The molecule has 0 aromatic heterocycles. The van der Waals surface area contributed by atoms with E-state index in [0.29, 0.717) is 10.8 Å². The van der Waals surface area contributed by atoms with Crippen LogP contribution in [0.5, 0.6) is 0 Å². The number of hydrogen-bond acceptors (Lipinski definition) is 0. The lowest BCUT2D eigenvalue weighted by Crippen LogP contribution is -1.88. The Morgan fingerprint density at radius 1 is 0.409 bits per heavy atom. The number of fused-ring (bicyclic) bond motifs is 2. The van der Waals surface area contributed by atoms with Crippen molar-refractivity contribution in [2.75, 3.05) is 0 Å². The van der Waals surface area contributed by atoms with E-state index in [1.54, 1.807) is 24.3 Å². The van der Waals surface area contributed by atoms with Crippen molar-refractivity contribution in [1.82, 2.24) is 0 Å². The highest BCUT2D eigenvalue weighted by Crippen LogP contribution is 2.35. The Bertz CT molecular complexity index is 920. The summed E-state index contributed by atoms with van der Waals surface area (Å²) >= 11 is 0. The van der Waals surface area contributed by atoms with Crippen LogP contribution < -0.4 is 0 Å². The minimum absolute atomic E-state index is 0.245. The number of benzene rings is 4. The zero-order chi connectivity index (χ0) is 15.1. The van der Waals surface area contributed by atoms with Gasteiger partial charge in [0.2, 0.25) is 0 Å². The summed E-state index contributed by atoms with van der Waals surface area (Å²) in [5.74, 6) is -0.489. The molecule has 4 aromatic carbocycles. The van der Waals surface area contributed by atoms with Crippen molar-refractivity contribution in [2.45, 2.75) is 0 Å². The Labute approximate surface area is 126 Å². The van der Waals surface area contributed by atoms with Crippen molar-refractivity contribution in [3.63, 3.8) is 0 Å². The SMILES string of the molecule is Fc1ccc(-c2ccc(F)c3ccccc23)c2ccccc12. The average Bonchev–Trinajstić information content (AvgIpc) is 2.57. The van der Waals surface area contributed by atoms with Crippen molar-refractivity contribution in [3.05, 3.63) is 84.4 Å². The lowest BCUT2D eigenvalue weighted by molar-refractivity contribution is 0.639. The summed E-state index contributed by atoms with van der Waals surface area (Å²) in [7, 11) is 0. The van der Waals surface area contributed by atoms with Crippen molar-refractivity contribution >= 4 is 21.5 Å². The van der Waals surface area contributed by atoms with E-state index in [1.165, 1.54) is 12.1 Å². The second-order valence-corrected chi connectivity index (χ2v) is 5.28. The van der Waals surface area contributed by atoms with Gasteiger partial charge in [-0.15, -0.1) is 0 Å². The monoisotopic (exact) mass is 290 g/mol. The van der Waals surface area contributed by atoms with Crippen molar-refractivity contribution in [3.8, 4) is 11.1 Å². The normalized spacial score (nSPS) is 11.2. The highest BCUT2D eigenvalue weighted by Gasteiger charge is 2.11. The van der Waals surface area contributed by atoms with Gasteiger partial charge in [0.15, 0.2) is 0 Å². The number of rotatable bonds is 1. The highest BCUT2D eigenvalue weighted by molar-refractivity contribution is 6.05. The quantitative estimate of drug-likeness (QED) is 0.407. The molecule has 0 N–H and O–H groups in total. The molecule has 0 aliphatic rings. The third-order valence-corrected chi connectivity index (χ3v) is 4.03. The molecule has 0 spiro atoms. The van der Waals surface area contributed by atoms with Gasteiger partial charge in [0, 0.05) is 10.8 Å². The van der Waals surface area contributed by atoms with E-state index in [1.807, 2.05) is 36.4 Å². The molecular weight excluding hydrogens is 278 g/mol. The molecule has 4 rings (SSSR count). The Balaban J connectivity index is 2.13. The molecule has 0 amide bonds. The number of halogens is 2. The van der Waals surface area contributed by atoms with Crippen LogP contribution in [0, 0.1) is 11.6 Å².